The van der Waals surface area contributed by atoms with E-state index in [-0.39, 0.29) is 0 Å². The van der Waals surface area contributed by atoms with Crippen molar-refractivity contribution in [2.45, 2.75) is 69.6 Å². The van der Waals surface area contributed by atoms with Crippen molar-refractivity contribution in [1.29, 1.82) is 0 Å². The Morgan fingerprint density at radius 3 is 2.22 bits per heavy atom. The number of nitrogens with zero attached hydrogens (tertiary/aromatic N) is 1. The first-order valence-corrected chi connectivity index (χ1v) is 8.01. The zero-order valence-electron chi connectivity index (χ0n) is 11.6. The number of fused-ring (bicyclic) bond motifs is 2. The van der Waals surface area contributed by atoms with Gasteiger partial charge in [0.05, 0.1) is 12.2 Å². The predicted molar refractivity (Wildman–Crippen MR) is 73.8 cm³/mol. The van der Waals surface area contributed by atoms with Crippen molar-refractivity contribution < 1.29 is 4.74 Å². The maximum Gasteiger partial charge on any atom is 0.0707 e. The second kappa shape index (κ2) is 6.36. The lowest BCUT2D eigenvalue weighted by atomic mass is 10.1. The Labute approximate surface area is 111 Å². The van der Waals surface area contributed by atoms with Crippen molar-refractivity contribution in [2.75, 3.05) is 26.2 Å². The Morgan fingerprint density at radius 1 is 0.889 bits per heavy atom. The van der Waals surface area contributed by atoms with Crippen LogP contribution in [0.15, 0.2) is 0 Å². The zero-order valence-corrected chi connectivity index (χ0v) is 11.6. The number of nitrogens with one attached hydrogen (secondary N) is 1. The lowest BCUT2D eigenvalue weighted by Gasteiger charge is -2.32. The van der Waals surface area contributed by atoms with Gasteiger partial charge in [-0.3, -0.25) is 4.90 Å². The lowest BCUT2D eigenvalue weighted by molar-refractivity contribution is -0.0378. The first kappa shape index (κ1) is 12.9. The Kier molecular flexibility index (Phi) is 4.55. The highest BCUT2D eigenvalue weighted by Crippen LogP contribution is 2.25. The molecule has 1 saturated carbocycles. The Bertz CT molecular complexity index is 239. The molecule has 2 bridgehead atoms. The van der Waals surface area contributed by atoms with E-state index >= 15 is 0 Å². The molecule has 3 aliphatic rings. The molecule has 0 aromatic carbocycles. The topological polar surface area (TPSA) is 24.5 Å². The molecule has 0 aromatic heterocycles. The van der Waals surface area contributed by atoms with E-state index in [4.69, 9.17) is 4.74 Å². The van der Waals surface area contributed by atoms with Crippen molar-refractivity contribution in [3.8, 4) is 0 Å². The van der Waals surface area contributed by atoms with Crippen LogP contribution >= 0.6 is 0 Å². The van der Waals surface area contributed by atoms with Crippen LogP contribution in [0.1, 0.15) is 51.4 Å². The molecule has 1 aliphatic carbocycles. The minimum absolute atomic E-state index is 0.543. The van der Waals surface area contributed by atoms with Crippen molar-refractivity contribution in [3.63, 3.8) is 0 Å². The van der Waals surface area contributed by atoms with Gasteiger partial charge in [-0.15, -0.1) is 0 Å². The van der Waals surface area contributed by atoms with Gasteiger partial charge in [-0.1, -0.05) is 25.7 Å². The molecule has 18 heavy (non-hydrogen) atoms. The summed E-state index contributed by atoms with van der Waals surface area (Å²) in [4.78, 5) is 2.61. The number of ether oxygens (including phenoxy) is 1. The van der Waals surface area contributed by atoms with E-state index in [2.05, 4.69) is 10.2 Å². The molecule has 2 atom stereocenters. The quantitative estimate of drug-likeness (QED) is 0.776. The SMILES string of the molecule is C1CCCC(NCCN2CC3CCC(C2)O3)CC1. The maximum atomic E-state index is 5.88. The highest BCUT2D eigenvalue weighted by molar-refractivity contribution is 4.85. The highest BCUT2D eigenvalue weighted by Gasteiger charge is 2.33. The molecule has 3 nitrogen and oxygen atoms in total. The summed E-state index contributed by atoms with van der Waals surface area (Å²) in [7, 11) is 0. The van der Waals surface area contributed by atoms with Gasteiger partial charge in [0.15, 0.2) is 0 Å². The van der Waals surface area contributed by atoms with Crippen LogP contribution in [0.5, 0.6) is 0 Å². The molecule has 2 heterocycles. The molecule has 2 aliphatic heterocycles. The zero-order chi connectivity index (χ0) is 12.2. The minimum atomic E-state index is 0.543. The fourth-order valence-corrected chi connectivity index (χ4v) is 3.79. The van der Waals surface area contributed by atoms with Crippen LogP contribution in [0.2, 0.25) is 0 Å². The van der Waals surface area contributed by atoms with Crippen LogP contribution in [-0.2, 0) is 4.74 Å². The number of hydrogen-bond donors (Lipinski definition) is 1. The number of morpholine rings is 1. The Hall–Kier alpha value is -0.120. The normalized spacial score (nSPS) is 34.7. The number of hydrogen-bond acceptors (Lipinski definition) is 3. The first-order valence-electron chi connectivity index (χ1n) is 8.01. The molecule has 2 saturated heterocycles. The monoisotopic (exact) mass is 252 g/mol. The predicted octanol–water partition coefficient (Wildman–Crippen LogP) is 2.16. The largest absolute Gasteiger partial charge is 0.372 e. The van der Waals surface area contributed by atoms with Crippen LogP contribution in [-0.4, -0.2) is 49.3 Å². The minimum Gasteiger partial charge on any atom is -0.372 e. The van der Waals surface area contributed by atoms with Gasteiger partial charge in [0.1, 0.15) is 0 Å². The van der Waals surface area contributed by atoms with Gasteiger partial charge in [-0.25, -0.2) is 0 Å². The van der Waals surface area contributed by atoms with Crippen LogP contribution in [0.3, 0.4) is 0 Å². The van der Waals surface area contributed by atoms with E-state index in [9.17, 15) is 0 Å². The number of likely N-dealkylation sites (tertiary alicyclic amines) is 1. The van der Waals surface area contributed by atoms with Gasteiger partial charge in [0.25, 0.3) is 0 Å². The maximum absolute atomic E-state index is 5.88. The lowest BCUT2D eigenvalue weighted by Crippen LogP contribution is -2.46. The van der Waals surface area contributed by atoms with Gasteiger partial charge in [0.2, 0.25) is 0 Å². The van der Waals surface area contributed by atoms with Crippen LogP contribution in [0.4, 0.5) is 0 Å². The summed E-state index contributed by atoms with van der Waals surface area (Å²) < 4.78 is 5.88. The van der Waals surface area contributed by atoms with Crippen LogP contribution in [0, 0.1) is 0 Å². The summed E-state index contributed by atoms with van der Waals surface area (Å²) in [6.45, 7) is 4.72. The highest BCUT2D eigenvalue weighted by atomic mass is 16.5. The Balaban J connectivity index is 1.34. The van der Waals surface area contributed by atoms with Gasteiger partial charge in [-0.05, 0) is 25.7 Å². The third-order valence-corrected chi connectivity index (χ3v) is 4.84. The van der Waals surface area contributed by atoms with Gasteiger partial charge >= 0.3 is 0 Å². The third kappa shape index (κ3) is 3.46. The molecule has 0 spiro atoms. The summed E-state index contributed by atoms with van der Waals surface area (Å²) in [6, 6.07) is 0.797. The van der Waals surface area contributed by atoms with Crippen LogP contribution in [0.25, 0.3) is 0 Å². The molecule has 1 N–H and O–H groups in total. The molecule has 104 valence electrons. The molecule has 0 radical (unpaired) electrons. The molecule has 0 aromatic rings. The van der Waals surface area contributed by atoms with Crippen LogP contribution < -0.4 is 5.32 Å². The molecule has 3 rings (SSSR count). The smallest absolute Gasteiger partial charge is 0.0707 e. The first-order chi connectivity index (χ1) is 8.90. The van der Waals surface area contributed by atoms with E-state index in [1.807, 2.05) is 0 Å². The average Bonchev–Trinajstić information content (AvgIpc) is 2.60. The van der Waals surface area contributed by atoms with Crippen molar-refractivity contribution in [3.05, 3.63) is 0 Å². The number of rotatable bonds is 4. The van der Waals surface area contributed by atoms with Crippen molar-refractivity contribution in [1.82, 2.24) is 10.2 Å². The molecular weight excluding hydrogens is 224 g/mol. The fraction of sp³-hybridized carbons (Fsp3) is 1.00. The molecule has 3 heteroatoms. The van der Waals surface area contributed by atoms with E-state index in [1.165, 1.54) is 77.5 Å². The van der Waals surface area contributed by atoms with Gasteiger partial charge in [-0.2, -0.15) is 0 Å². The second-order valence-corrected chi connectivity index (χ2v) is 6.36. The molecule has 2 unspecified atom stereocenters. The summed E-state index contributed by atoms with van der Waals surface area (Å²) in [5.74, 6) is 0. The summed E-state index contributed by atoms with van der Waals surface area (Å²) >= 11 is 0. The van der Waals surface area contributed by atoms with E-state index < -0.39 is 0 Å². The van der Waals surface area contributed by atoms with Crippen molar-refractivity contribution >= 4 is 0 Å². The summed E-state index contributed by atoms with van der Waals surface area (Å²) in [6.07, 6.45) is 12.2. The average molecular weight is 252 g/mol. The Morgan fingerprint density at radius 2 is 1.56 bits per heavy atom. The van der Waals surface area contributed by atoms with E-state index in [0.717, 1.165) is 6.04 Å². The summed E-state index contributed by atoms with van der Waals surface area (Å²) in [5.41, 5.74) is 0. The standard InChI is InChI=1S/C15H28N2O/c1-2-4-6-13(5-3-1)16-9-10-17-11-14-7-8-15(12-17)18-14/h13-16H,1-12H2. The molecular formula is C15H28N2O. The third-order valence-electron chi connectivity index (χ3n) is 4.84. The second-order valence-electron chi connectivity index (χ2n) is 6.36. The van der Waals surface area contributed by atoms with Gasteiger partial charge in [0, 0.05) is 32.2 Å². The van der Waals surface area contributed by atoms with E-state index in [1.54, 1.807) is 0 Å². The van der Waals surface area contributed by atoms with E-state index in [0.29, 0.717) is 12.2 Å². The fourth-order valence-electron chi connectivity index (χ4n) is 3.79. The molecule has 3 fully saturated rings. The molecule has 0 amide bonds. The van der Waals surface area contributed by atoms with Crippen molar-refractivity contribution in [2.24, 2.45) is 0 Å². The summed E-state index contributed by atoms with van der Waals surface area (Å²) in [5, 5.41) is 3.78. The van der Waals surface area contributed by atoms with Gasteiger partial charge < -0.3 is 10.1 Å².